The van der Waals surface area contributed by atoms with E-state index in [9.17, 15) is 14.4 Å². The fourth-order valence-corrected chi connectivity index (χ4v) is 3.34. The number of rotatable bonds is 2. The second kappa shape index (κ2) is 7.08. The largest absolute Gasteiger partial charge is 0.460 e. The molecule has 0 aromatic heterocycles. The van der Waals surface area contributed by atoms with E-state index >= 15 is 0 Å². The van der Waals surface area contributed by atoms with Crippen LogP contribution in [0.5, 0.6) is 0 Å². The maximum Gasteiger partial charge on any atom is 0.410 e. The van der Waals surface area contributed by atoms with E-state index in [0.717, 1.165) is 0 Å². The molecule has 0 aliphatic carbocycles. The molecule has 0 aromatic carbocycles. The van der Waals surface area contributed by atoms with E-state index in [1.165, 1.54) is 0 Å². The smallest absolute Gasteiger partial charge is 0.410 e. The van der Waals surface area contributed by atoms with E-state index in [1.807, 2.05) is 20.8 Å². The highest BCUT2D eigenvalue weighted by Gasteiger charge is 2.49. The number of amides is 1. The average molecular weight is 369 g/mol. The maximum atomic E-state index is 12.2. The van der Waals surface area contributed by atoms with Gasteiger partial charge in [0, 0.05) is 32.4 Å². The lowest BCUT2D eigenvalue weighted by Gasteiger charge is -2.38. The van der Waals surface area contributed by atoms with Gasteiger partial charge in [0.1, 0.15) is 16.8 Å². The number of piperidine rings is 1. The molecular formula is C19H31NO6. The molecule has 1 spiro atoms. The molecule has 1 amide bonds. The van der Waals surface area contributed by atoms with Crippen molar-refractivity contribution in [2.45, 2.75) is 84.0 Å². The predicted octanol–water partition coefficient (Wildman–Crippen LogP) is 3.05. The summed E-state index contributed by atoms with van der Waals surface area (Å²) >= 11 is 0. The molecule has 7 nitrogen and oxygen atoms in total. The lowest BCUT2D eigenvalue weighted by Crippen LogP contribution is -2.48. The summed E-state index contributed by atoms with van der Waals surface area (Å²) in [5, 5.41) is 0. The summed E-state index contributed by atoms with van der Waals surface area (Å²) in [5.41, 5.74) is -1.69. The Bertz CT molecular complexity index is 564. The molecule has 2 aliphatic heterocycles. The average Bonchev–Trinajstić information content (AvgIpc) is 2.71. The zero-order valence-corrected chi connectivity index (χ0v) is 16.7. The molecule has 7 heteroatoms. The molecule has 2 fully saturated rings. The van der Waals surface area contributed by atoms with E-state index in [1.54, 1.807) is 25.7 Å². The van der Waals surface area contributed by atoms with E-state index in [-0.39, 0.29) is 24.5 Å². The number of likely N-dealkylation sites (tertiary alicyclic amines) is 1. The van der Waals surface area contributed by atoms with Gasteiger partial charge in [-0.1, -0.05) is 0 Å². The summed E-state index contributed by atoms with van der Waals surface area (Å²) < 4.78 is 16.3. The van der Waals surface area contributed by atoms with Gasteiger partial charge in [0.25, 0.3) is 0 Å². The molecule has 0 bridgehead atoms. The van der Waals surface area contributed by atoms with Crippen LogP contribution in [0.2, 0.25) is 0 Å². The number of carbonyl (C=O) groups is 3. The minimum atomic E-state index is -0.581. The highest BCUT2D eigenvalue weighted by Crippen LogP contribution is 2.41. The first kappa shape index (κ1) is 20.5. The number of ether oxygens (including phenoxy) is 3. The third-order valence-electron chi connectivity index (χ3n) is 4.43. The number of hydrogen-bond donors (Lipinski definition) is 0. The fraction of sp³-hybridized carbons (Fsp3) is 0.842. The quantitative estimate of drug-likeness (QED) is 0.550. The Labute approximate surface area is 155 Å². The second-order valence-electron chi connectivity index (χ2n) is 9.26. The highest BCUT2D eigenvalue weighted by atomic mass is 16.6. The maximum absolute atomic E-state index is 12.2. The zero-order chi connectivity index (χ0) is 19.8. The molecule has 26 heavy (non-hydrogen) atoms. The molecule has 148 valence electrons. The van der Waals surface area contributed by atoms with Crippen molar-refractivity contribution in [1.82, 2.24) is 4.90 Å². The van der Waals surface area contributed by atoms with E-state index < -0.39 is 22.7 Å². The van der Waals surface area contributed by atoms with Crippen molar-refractivity contribution in [2.24, 2.45) is 5.92 Å². The van der Waals surface area contributed by atoms with Crippen molar-refractivity contribution in [3.63, 3.8) is 0 Å². The topological polar surface area (TPSA) is 82.1 Å². The molecule has 2 saturated heterocycles. The SMILES string of the molecule is CC(C)(C)OC(=O)CC1CC2(CCN(C(=O)OC(C)(C)C)CC2)OC1=O. The molecule has 1 unspecified atom stereocenters. The highest BCUT2D eigenvalue weighted by molar-refractivity contribution is 5.82. The standard InChI is InChI=1S/C19H31NO6/c1-17(2,3)24-14(21)11-13-12-19(25-15(13)22)7-9-20(10-8-19)16(23)26-18(4,5)6/h13H,7-12H2,1-6H3. The normalized spacial score (nSPS) is 22.9. The summed E-state index contributed by atoms with van der Waals surface area (Å²) in [7, 11) is 0. The van der Waals surface area contributed by atoms with Gasteiger partial charge in [-0.3, -0.25) is 9.59 Å². The molecular weight excluding hydrogens is 338 g/mol. The summed E-state index contributed by atoms with van der Waals surface area (Å²) in [5.74, 6) is -1.21. The monoisotopic (exact) mass is 369 g/mol. The Hall–Kier alpha value is -1.79. The molecule has 1 atom stereocenters. The van der Waals surface area contributed by atoms with Crippen molar-refractivity contribution in [3.05, 3.63) is 0 Å². The molecule has 0 radical (unpaired) electrons. The van der Waals surface area contributed by atoms with Gasteiger partial charge < -0.3 is 19.1 Å². The Morgan fingerprint density at radius 2 is 1.62 bits per heavy atom. The lowest BCUT2D eigenvalue weighted by atomic mass is 9.84. The van der Waals surface area contributed by atoms with Crippen molar-refractivity contribution < 1.29 is 28.6 Å². The lowest BCUT2D eigenvalue weighted by molar-refractivity contribution is -0.160. The summed E-state index contributed by atoms with van der Waals surface area (Å²) in [6.45, 7) is 11.8. The van der Waals surface area contributed by atoms with Crippen LogP contribution in [-0.4, -0.2) is 52.8 Å². The van der Waals surface area contributed by atoms with Crippen LogP contribution in [0, 0.1) is 5.92 Å². The Balaban J connectivity index is 1.88. The van der Waals surface area contributed by atoms with Gasteiger partial charge in [-0.25, -0.2) is 4.79 Å². The van der Waals surface area contributed by atoms with Gasteiger partial charge in [-0.15, -0.1) is 0 Å². The predicted molar refractivity (Wildman–Crippen MR) is 94.4 cm³/mol. The van der Waals surface area contributed by atoms with Gasteiger partial charge >= 0.3 is 18.0 Å². The van der Waals surface area contributed by atoms with Crippen LogP contribution >= 0.6 is 0 Å². The van der Waals surface area contributed by atoms with Crippen LogP contribution in [0.1, 0.15) is 67.2 Å². The third-order valence-corrected chi connectivity index (χ3v) is 4.43. The molecule has 0 saturated carbocycles. The number of hydrogen-bond acceptors (Lipinski definition) is 6. The van der Waals surface area contributed by atoms with Gasteiger partial charge in [-0.2, -0.15) is 0 Å². The number of carbonyl (C=O) groups excluding carboxylic acids is 3. The molecule has 0 aromatic rings. The van der Waals surface area contributed by atoms with Gasteiger partial charge in [0.05, 0.1) is 12.3 Å². The zero-order valence-electron chi connectivity index (χ0n) is 16.7. The Morgan fingerprint density at radius 3 is 2.12 bits per heavy atom. The second-order valence-corrected chi connectivity index (χ2v) is 9.26. The Kier molecular flexibility index (Phi) is 5.59. The van der Waals surface area contributed by atoms with E-state index in [2.05, 4.69) is 0 Å². The van der Waals surface area contributed by atoms with Crippen LogP contribution in [0.4, 0.5) is 4.79 Å². The molecule has 2 heterocycles. The fourth-order valence-electron chi connectivity index (χ4n) is 3.34. The van der Waals surface area contributed by atoms with Crippen molar-refractivity contribution >= 4 is 18.0 Å². The van der Waals surface area contributed by atoms with Crippen LogP contribution in [-0.2, 0) is 23.8 Å². The Morgan fingerprint density at radius 1 is 1.08 bits per heavy atom. The summed E-state index contributed by atoms with van der Waals surface area (Å²) in [6, 6.07) is 0. The summed E-state index contributed by atoms with van der Waals surface area (Å²) in [6.07, 6.45) is 1.30. The first-order valence-electron chi connectivity index (χ1n) is 9.21. The number of esters is 2. The number of nitrogens with zero attached hydrogens (tertiary/aromatic N) is 1. The van der Waals surface area contributed by atoms with Crippen LogP contribution in [0.3, 0.4) is 0 Å². The van der Waals surface area contributed by atoms with E-state index in [4.69, 9.17) is 14.2 Å². The van der Waals surface area contributed by atoms with Crippen molar-refractivity contribution in [1.29, 1.82) is 0 Å². The van der Waals surface area contributed by atoms with Crippen molar-refractivity contribution in [3.8, 4) is 0 Å². The van der Waals surface area contributed by atoms with Crippen LogP contribution in [0.25, 0.3) is 0 Å². The summed E-state index contributed by atoms with van der Waals surface area (Å²) in [4.78, 5) is 38.0. The molecule has 2 aliphatic rings. The van der Waals surface area contributed by atoms with Crippen LogP contribution in [0.15, 0.2) is 0 Å². The van der Waals surface area contributed by atoms with Gasteiger partial charge in [-0.05, 0) is 41.5 Å². The minimum Gasteiger partial charge on any atom is -0.460 e. The van der Waals surface area contributed by atoms with Crippen molar-refractivity contribution in [2.75, 3.05) is 13.1 Å². The van der Waals surface area contributed by atoms with E-state index in [0.29, 0.717) is 32.4 Å². The first-order chi connectivity index (χ1) is 11.8. The van der Waals surface area contributed by atoms with Gasteiger partial charge in [0.2, 0.25) is 0 Å². The first-order valence-corrected chi connectivity index (χ1v) is 9.21. The molecule has 2 rings (SSSR count). The van der Waals surface area contributed by atoms with Gasteiger partial charge in [0.15, 0.2) is 0 Å². The minimum absolute atomic E-state index is 0.0354. The van der Waals surface area contributed by atoms with Crippen LogP contribution < -0.4 is 0 Å². The third kappa shape index (κ3) is 5.61. The molecule has 0 N–H and O–H groups in total.